The number of ether oxygens (including phenoxy) is 2. The topological polar surface area (TPSA) is 63.6 Å². The van der Waals surface area contributed by atoms with Gasteiger partial charge in [-0.1, -0.05) is 5.92 Å². The lowest BCUT2D eigenvalue weighted by molar-refractivity contribution is -0.158. The highest BCUT2D eigenvalue weighted by atomic mass is 32.2. The van der Waals surface area contributed by atoms with E-state index in [2.05, 4.69) is 16.2 Å². The van der Waals surface area contributed by atoms with Crippen molar-refractivity contribution in [3.05, 3.63) is 17.2 Å². The van der Waals surface area contributed by atoms with Gasteiger partial charge in [0.2, 0.25) is 0 Å². The lowest BCUT2D eigenvalue weighted by Crippen LogP contribution is -2.35. The largest absolute Gasteiger partial charge is 0.396 e. The van der Waals surface area contributed by atoms with Crippen LogP contribution in [-0.2, 0) is 9.47 Å². The van der Waals surface area contributed by atoms with Crippen molar-refractivity contribution in [3.63, 3.8) is 0 Å². The Bertz CT molecular complexity index is 671. The van der Waals surface area contributed by atoms with Crippen LogP contribution in [0.3, 0.4) is 0 Å². The van der Waals surface area contributed by atoms with E-state index in [1.807, 2.05) is 33.1 Å². The van der Waals surface area contributed by atoms with Crippen molar-refractivity contribution in [2.45, 2.75) is 56.3 Å². The number of nitrogens with one attached hydrogen (secondary N) is 1. The number of aliphatic hydroxyl groups excluding tert-OH is 1. The smallest absolute Gasteiger partial charge is 0.163 e. The van der Waals surface area contributed by atoms with Crippen molar-refractivity contribution in [2.75, 3.05) is 18.2 Å². The summed E-state index contributed by atoms with van der Waals surface area (Å²) in [4.78, 5) is 4.64. The van der Waals surface area contributed by atoms with Gasteiger partial charge in [-0.3, -0.25) is 0 Å². The molecule has 5 nitrogen and oxygen atoms in total. The van der Waals surface area contributed by atoms with Crippen LogP contribution in [0.25, 0.3) is 0 Å². The van der Waals surface area contributed by atoms with Gasteiger partial charge in [0.25, 0.3) is 0 Å². The van der Waals surface area contributed by atoms with Crippen LogP contribution in [0.15, 0.2) is 11.1 Å². The van der Waals surface area contributed by atoms with Crippen molar-refractivity contribution in [2.24, 2.45) is 5.92 Å². The Labute approximate surface area is 147 Å². The van der Waals surface area contributed by atoms with Gasteiger partial charge in [0.05, 0.1) is 22.7 Å². The highest BCUT2D eigenvalue weighted by Crippen LogP contribution is 2.42. The van der Waals surface area contributed by atoms with Crippen molar-refractivity contribution >= 4 is 17.6 Å². The molecule has 2 unspecified atom stereocenters. The van der Waals surface area contributed by atoms with E-state index >= 15 is 0 Å². The summed E-state index contributed by atoms with van der Waals surface area (Å²) in [7, 11) is 0. The summed E-state index contributed by atoms with van der Waals surface area (Å²) >= 11 is 1.58. The molecule has 6 heteroatoms. The molecule has 2 fully saturated rings. The predicted molar refractivity (Wildman–Crippen MR) is 95.1 cm³/mol. The first-order chi connectivity index (χ1) is 11.4. The highest BCUT2D eigenvalue weighted by Gasteiger charge is 2.53. The number of thioether (sulfide) groups is 1. The van der Waals surface area contributed by atoms with Crippen LogP contribution in [0.2, 0.25) is 0 Å². The molecule has 1 saturated heterocycles. The molecule has 24 heavy (non-hydrogen) atoms. The van der Waals surface area contributed by atoms with Gasteiger partial charge in [0, 0.05) is 12.5 Å². The predicted octanol–water partition coefficient (Wildman–Crippen LogP) is 2.41. The quantitative estimate of drug-likeness (QED) is 0.644. The molecule has 4 atom stereocenters. The van der Waals surface area contributed by atoms with Gasteiger partial charge in [-0.2, -0.15) is 0 Å². The van der Waals surface area contributed by atoms with E-state index in [-0.39, 0.29) is 30.8 Å². The Morgan fingerprint density at radius 2 is 2.17 bits per heavy atom. The van der Waals surface area contributed by atoms with Crippen LogP contribution in [-0.4, -0.2) is 47.0 Å². The molecular weight excluding hydrogens is 324 g/mol. The summed E-state index contributed by atoms with van der Waals surface area (Å²) in [6.07, 6.45) is 8.21. The Morgan fingerprint density at radius 3 is 2.79 bits per heavy atom. The minimum Gasteiger partial charge on any atom is -0.396 e. The van der Waals surface area contributed by atoms with Crippen LogP contribution in [0.4, 0.5) is 5.82 Å². The monoisotopic (exact) mass is 348 g/mol. The summed E-state index contributed by atoms with van der Waals surface area (Å²) < 4.78 is 12.1. The third kappa shape index (κ3) is 3.14. The van der Waals surface area contributed by atoms with Crippen LogP contribution in [0.1, 0.15) is 31.4 Å². The Kier molecular flexibility index (Phi) is 4.80. The summed E-state index contributed by atoms with van der Waals surface area (Å²) in [5.41, 5.74) is 1.80. The minimum absolute atomic E-state index is 0.00466. The molecule has 0 spiro atoms. The maximum Gasteiger partial charge on any atom is 0.163 e. The molecule has 2 aliphatic rings. The molecule has 1 saturated carbocycles. The fourth-order valence-corrected chi connectivity index (χ4v) is 4.09. The van der Waals surface area contributed by atoms with Gasteiger partial charge >= 0.3 is 0 Å². The van der Waals surface area contributed by atoms with Crippen molar-refractivity contribution in [3.8, 4) is 12.3 Å². The summed E-state index contributed by atoms with van der Waals surface area (Å²) in [5, 5.41) is 14.1. The van der Waals surface area contributed by atoms with Gasteiger partial charge in [-0.05, 0) is 45.1 Å². The Morgan fingerprint density at radius 1 is 1.46 bits per heavy atom. The number of anilines is 1. The summed E-state index contributed by atoms with van der Waals surface area (Å²) in [6.45, 7) is 5.88. The molecule has 2 heterocycles. The van der Waals surface area contributed by atoms with Crippen LogP contribution in [0, 0.1) is 25.2 Å². The molecule has 0 radical (unpaired) electrons. The zero-order chi connectivity index (χ0) is 17.5. The molecule has 0 aromatic carbocycles. The molecule has 0 bridgehead atoms. The first kappa shape index (κ1) is 17.6. The summed E-state index contributed by atoms with van der Waals surface area (Å²) in [5.74, 6) is 2.85. The number of nitrogens with zero attached hydrogens (tertiary/aromatic N) is 1. The standard InChI is InChI=1S/C18H24N2O3S/c1-6-12-10(2)7-14(24-5)20-17(12)19-13-8-11(9-21)15-16(13)23-18(3,4)22-15/h1,7,11,13,15-16,21H,8-9H2,2-5H3,(H,19,20)/t11?,13?,15-,16+/m1/s1. The molecule has 1 aromatic rings. The van der Waals surface area contributed by atoms with E-state index in [0.717, 1.165) is 22.6 Å². The lowest BCUT2D eigenvalue weighted by Gasteiger charge is -2.24. The van der Waals surface area contributed by atoms with E-state index in [1.54, 1.807) is 11.8 Å². The van der Waals surface area contributed by atoms with Crippen molar-refractivity contribution in [1.29, 1.82) is 0 Å². The van der Waals surface area contributed by atoms with E-state index in [1.165, 1.54) is 0 Å². The van der Waals surface area contributed by atoms with Crippen molar-refractivity contribution < 1.29 is 14.6 Å². The lowest BCUT2D eigenvalue weighted by atomic mass is 10.1. The number of hydrogen-bond donors (Lipinski definition) is 2. The number of aliphatic hydroxyl groups is 1. The molecule has 1 aliphatic heterocycles. The number of pyridine rings is 1. The molecule has 130 valence electrons. The third-order valence-electron chi connectivity index (χ3n) is 4.68. The van der Waals surface area contributed by atoms with E-state index in [4.69, 9.17) is 15.9 Å². The number of terminal acetylenes is 1. The second kappa shape index (κ2) is 6.57. The molecule has 1 aromatic heterocycles. The zero-order valence-corrected chi connectivity index (χ0v) is 15.3. The average molecular weight is 348 g/mol. The average Bonchev–Trinajstić information content (AvgIpc) is 3.00. The van der Waals surface area contributed by atoms with E-state index < -0.39 is 5.79 Å². The van der Waals surface area contributed by atoms with Crippen LogP contribution < -0.4 is 5.32 Å². The maximum absolute atomic E-state index is 9.68. The third-order valence-corrected chi connectivity index (χ3v) is 5.31. The second-order valence-corrected chi connectivity index (χ2v) is 7.67. The van der Waals surface area contributed by atoms with Crippen molar-refractivity contribution in [1.82, 2.24) is 4.98 Å². The minimum atomic E-state index is -0.636. The molecule has 1 aliphatic carbocycles. The molecule has 3 rings (SSSR count). The second-order valence-electron chi connectivity index (χ2n) is 6.84. The first-order valence-electron chi connectivity index (χ1n) is 8.13. The summed E-state index contributed by atoms with van der Waals surface area (Å²) in [6, 6.07) is 2.00. The molecular formula is C18H24N2O3S. The van der Waals surface area contributed by atoms with Gasteiger partial charge in [-0.15, -0.1) is 18.2 Å². The van der Waals surface area contributed by atoms with Gasteiger partial charge < -0.3 is 19.9 Å². The first-order valence-corrected chi connectivity index (χ1v) is 9.36. The van der Waals surface area contributed by atoms with Gasteiger partial charge in [0.15, 0.2) is 5.79 Å². The molecule has 2 N–H and O–H groups in total. The van der Waals surface area contributed by atoms with E-state index in [0.29, 0.717) is 5.82 Å². The fraction of sp³-hybridized carbons (Fsp3) is 0.611. The normalized spacial score (nSPS) is 30.8. The number of fused-ring (bicyclic) bond motifs is 1. The van der Waals surface area contributed by atoms with E-state index in [9.17, 15) is 5.11 Å². The van der Waals surface area contributed by atoms with Crippen LogP contribution >= 0.6 is 11.8 Å². The number of aromatic nitrogens is 1. The Balaban J connectivity index is 1.89. The number of aryl methyl sites for hydroxylation is 1. The van der Waals surface area contributed by atoms with Gasteiger partial charge in [-0.25, -0.2) is 4.98 Å². The van der Waals surface area contributed by atoms with Gasteiger partial charge in [0.1, 0.15) is 11.9 Å². The fourth-order valence-electron chi connectivity index (χ4n) is 3.62. The zero-order valence-electron chi connectivity index (χ0n) is 14.5. The number of hydrogen-bond acceptors (Lipinski definition) is 6. The number of rotatable bonds is 4. The SMILES string of the molecule is C#Cc1c(C)cc(SC)nc1NC1CC(CO)[C@H]2OC(C)(C)O[C@@H]12. The Hall–Kier alpha value is -1.26. The maximum atomic E-state index is 9.68. The van der Waals surface area contributed by atoms with Crippen LogP contribution in [0.5, 0.6) is 0 Å². The molecule has 0 amide bonds. The highest BCUT2D eigenvalue weighted by molar-refractivity contribution is 7.98.